The minimum atomic E-state index is -0.0450. The average molecular weight is 958 g/mol. The van der Waals surface area contributed by atoms with E-state index >= 15 is 0 Å². The van der Waals surface area contributed by atoms with E-state index in [1.807, 2.05) is 40.0 Å². The number of hydrogen-bond donors (Lipinski definition) is 1. The number of rotatable bonds is 13. The maximum atomic E-state index is 12.3. The average Bonchev–Trinajstić information content (AvgIpc) is 4.01. The number of aliphatic imine (C=N–C) groups is 1. The molecule has 1 N–H and O–H groups in total. The maximum Gasteiger partial charge on any atom is 0.177 e. The van der Waals surface area contributed by atoms with Gasteiger partial charge in [-0.3, -0.25) is 39.8 Å². The normalized spacial score (nSPS) is 19.3. The standard InChI is InChI=1S/C41H51N7O.C8H14O2.C5H10.C3H6O.C2H6/c1-7-41(32(5)49)48-31(4)39(42-6)25-40(44-48)36-12-10-35(11-13-36)38-15-9-34(26-43-38)28-45-18-16-33(17-19-45)27-46-20-22-47(23-21-46)37-14-8-29(2)30(3)24-37;1-6(8(3)10)4-5-7(2)9;1-4-3-5(4)2;1-3(2)4;1-2/h7-15,24-26,33,44H,4,16-23,27-28H2,1-3,5-6H3;6H,4-5H2,1-3H3;4-5H,3H2,1-2H3;1-2H3;1-2H3/b41-7-,42-39?;;;;/t;;4-,5+;;. The van der Waals surface area contributed by atoms with E-state index in [-0.39, 0.29) is 29.1 Å². The summed E-state index contributed by atoms with van der Waals surface area (Å²) >= 11 is 0. The zero-order valence-corrected chi connectivity index (χ0v) is 45.5. The first-order valence-corrected chi connectivity index (χ1v) is 25.7. The van der Waals surface area contributed by atoms with Crippen molar-refractivity contribution in [3.8, 4) is 11.3 Å². The van der Waals surface area contributed by atoms with Gasteiger partial charge in [-0.25, -0.2) is 0 Å². The van der Waals surface area contributed by atoms with Crippen LogP contribution in [-0.2, 0) is 25.7 Å². The molecule has 1 aromatic heterocycles. The van der Waals surface area contributed by atoms with Crippen molar-refractivity contribution in [2.75, 3.05) is 57.8 Å². The molecule has 4 heterocycles. The third-order valence-electron chi connectivity index (χ3n) is 13.5. The van der Waals surface area contributed by atoms with Gasteiger partial charge in [0.15, 0.2) is 5.78 Å². The van der Waals surface area contributed by atoms with Crippen LogP contribution in [0.1, 0.15) is 131 Å². The molecule has 0 amide bonds. The van der Waals surface area contributed by atoms with Gasteiger partial charge in [-0.1, -0.05) is 83.7 Å². The molecule has 0 spiro atoms. The van der Waals surface area contributed by atoms with Gasteiger partial charge in [0.25, 0.3) is 0 Å². The molecule has 3 aliphatic heterocycles. The summed E-state index contributed by atoms with van der Waals surface area (Å²) in [6, 6.07) is 19.6. The fourth-order valence-electron chi connectivity index (χ4n) is 8.29. The van der Waals surface area contributed by atoms with Crippen LogP contribution in [0.5, 0.6) is 0 Å². The molecule has 3 aromatic rings. The number of nitrogens with one attached hydrogen (secondary N) is 1. The molecule has 2 saturated heterocycles. The topological polar surface area (TPSA) is 119 Å². The fraction of sp³-hybridized carbons (Fsp3) is 0.525. The van der Waals surface area contributed by atoms with Crippen LogP contribution in [0.15, 0.2) is 95.9 Å². The van der Waals surface area contributed by atoms with E-state index in [0.29, 0.717) is 24.2 Å². The van der Waals surface area contributed by atoms with Crippen molar-refractivity contribution in [2.45, 2.75) is 129 Å². The molecule has 0 radical (unpaired) electrons. The second kappa shape index (κ2) is 29.6. The van der Waals surface area contributed by atoms with Gasteiger partial charge < -0.3 is 14.5 Å². The van der Waals surface area contributed by atoms with Crippen molar-refractivity contribution in [1.29, 1.82) is 0 Å². The van der Waals surface area contributed by atoms with Crippen LogP contribution in [0.3, 0.4) is 0 Å². The molecule has 1 aliphatic carbocycles. The Hall–Kier alpha value is -5.52. The Bertz CT molecular complexity index is 2250. The molecule has 1 unspecified atom stereocenters. The number of benzene rings is 2. The van der Waals surface area contributed by atoms with E-state index in [1.54, 1.807) is 38.9 Å². The number of ketones is 4. The number of carbonyl (C=O) groups excluding carboxylic acids is 4. The molecular formula is C59H87N7O4. The Labute approximate surface area is 422 Å². The van der Waals surface area contributed by atoms with Crippen LogP contribution in [-0.4, -0.2) is 101 Å². The van der Waals surface area contributed by atoms with Crippen molar-refractivity contribution in [2.24, 2.45) is 28.7 Å². The minimum absolute atomic E-state index is 0.0450. The van der Waals surface area contributed by atoms with Crippen molar-refractivity contribution in [1.82, 2.24) is 25.2 Å². The number of piperidine rings is 1. The lowest BCUT2D eigenvalue weighted by molar-refractivity contribution is -0.121. The van der Waals surface area contributed by atoms with Crippen molar-refractivity contribution in [3.63, 3.8) is 0 Å². The van der Waals surface area contributed by atoms with Crippen LogP contribution in [0.2, 0.25) is 0 Å². The van der Waals surface area contributed by atoms with E-state index in [9.17, 15) is 19.2 Å². The minimum Gasteiger partial charge on any atom is -0.369 e. The number of pyridine rings is 1. The highest BCUT2D eigenvalue weighted by Gasteiger charge is 2.27. The van der Waals surface area contributed by atoms with Gasteiger partial charge in [0.1, 0.15) is 23.0 Å². The number of likely N-dealkylation sites (tertiary alicyclic amines) is 1. The largest absolute Gasteiger partial charge is 0.369 e. The molecule has 3 fully saturated rings. The first-order valence-electron chi connectivity index (χ1n) is 25.7. The van der Waals surface area contributed by atoms with Gasteiger partial charge >= 0.3 is 0 Å². The third kappa shape index (κ3) is 19.3. The van der Waals surface area contributed by atoms with Crippen molar-refractivity contribution in [3.05, 3.63) is 113 Å². The Morgan fingerprint density at radius 2 is 1.41 bits per heavy atom. The zero-order valence-electron chi connectivity index (χ0n) is 45.5. The van der Waals surface area contributed by atoms with E-state index in [4.69, 9.17) is 4.98 Å². The van der Waals surface area contributed by atoms with Gasteiger partial charge in [0.2, 0.25) is 0 Å². The lowest BCUT2D eigenvalue weighted by Crippen LogP contribution is -2.48. The first-order chi connectivity index (χ1) is 33.3. The molecule has 4 aliphatic rings. The van der Waals surface area contributed by atoms with Crippen LogP contribution >= 0.6 is 0 Å². The number of carbonyl (C=O) groups is 4. The van der Waals surface area contributed by atoms with Gasteiger partial charge in [-0.15, -0.1) is 0 Å². The number of aryl methyl sites for hydroxylation is 2. The fourth-order valence-corrected chi connectivity index (χ4v) is 8.29. The summed E-state index contributed by atoms with van der Waals surface area (Å²) in [6.07, 6.45) is 11.0. The summed E-state index contributed by atoms with van der Waals surface area (Å²) in [6.45, 7) is 37.6. The van der Waals surface area contributed by atoms with Crippen LogP contribution in [0.25, 0.3) is 17.0 Å². The van der Waals surface area contributed by atoms with Crippen molar-refractivity contribution >= 4 is 40.2 Å². The number of anilines is 1. The molecular weight excluding hydrogens is 871 g/mol. The maximum absolute atomic E-state index is 12.3. The Kier molecular flexibility index (Phi) is 24.9. The number of piperazine rings is 1. The Balaban J connectivity index is 0.000000515. The molecule has 2 aromatic carbocycles. The van der Waals surface area contributed by atoms with E-state index < -0.39 is 0 Å². The number of hydrazine groups is 1. The number of aromatic nitrogens is 1. The van der Waals surface area contributed by atoms with E-state index in [0.717, 1.165) is 91.8 Å². The highest BCUT2D eigenvalue weighted by atomic mass is 16.1. The third-order valence-corrected chi connectivity index (χ3v) is 13.5. The summed E-state index contributed by atoms with van der Waals surface area (Å²) in [4.78, 5) is 59.9. The molecule has 70 heavy (non-hydrogen) atoms. The Morgan fingerprint density at radius 1 is 0.829 bits per heavy atom. The van der Waals surface area contributed by atoms with Gasteiger partial charge in [0, 0.05) is 83.0 Å². The number of hydrogen-bond acceptors (Lipinski definition) is 11. The summed E-state index contributed by atoms with van der Waals surface area (Å²) in [5, 5.41) is 1.71. The van der Waals surface area contributed by atoms with Gasteiger partial charge in [-0.05, 0) is 152 Å². The molecule has 1 saturated carbocycles. The first kappa shape index (κ1) is 58.8. The van der Waals surface area contributed by atoms with Crippen LogP contribution in [0.4, 0.5) is 5.69 Å². The summed E-state index contributed by atoms with van der Waals surface area (Å²) in [5.74, 6) is 3.38. The molecule has 7 rings (SSSR count). The molecule has 11 nitrogen and oxygen atoms in total. The van der Waals surface area contributed by atoms with Crippen molar-refractivity contribution < 1.29 is 19.2 Å². The molecule has 3 atom stereocenters. The highest BCUT2D eigenvalue weighted by Crippen LogP contribution is 2.36. The number of Topliss-reactive ketones (excluding diaryl/α,β-unsaturated/α-hetero) is 4. The highest BCUT2D eigenvalue weighted by molar-refractivity contribution is 6.13. The SMILES string of the molecule is C=C1C(=NC)C=C(c2ccc(-c3ccc(CN4CCC(CN5CCN(c6ccc(C)c(C)c6)CC5)CC4)cn3)cc2)NN1/C(=C\C)C(C)=O.CC.CC(=O)CCC(C)C(C)=O.CC(C)=O.C[C@@H]1C[C@@H]1C. The monoisotopic (exact) mass is 958 g/mol. The molecule has 0 bridgehead atoms. The lowest BCUT2D eigenvalue weighted by Gasteiger charge is -2.39. The number of allylic oxidation sites excluding steroid dienone is 3. The van der Waals surface area contributed by atoms with E-state index in [1.165, 1.54) is 62.0 Å². The summed E-state index contributed by atoms with van der Waals surface area (Å²) in [5.41, 5.74) is 14.5. The summed E-state index contributed by atoms with van der Waals surface area (Å²) < 4.78 is 0. The van der Waals surface area contributed by atoms with E-state index in [2.05, 4.69) is 114 Å². The van der Waals surface area contributed by atoms with Gasteiger partial charge in [-0.2, -0.15) is 0 Å². The number of nitrogens with zero attached hydrogens (tertiary/aromatic N) is 6. The second-order valence-corrected chi connectivity index (χ2v) is 19.5. The Morgan fingerprint density at radius 3 is 1.89 bits per heavy atom. The molecule has 11 heteroatoms. The van der Waals surface area contributed by atoms with Gasteiger partial charge in [0.05, 0.1) is 22.8 Å². The lowest BCUT2D eigenvalue weighted by atomic mass is 9.95. The zero-order chi connectivity index (χ0) is 52.1. The quantitative estimate of drug-likeness (QED) is 0.166. The summed E-state index contributed by atoms with van der Waals surface area (Å²) in [7, 11) is 1.73. The molecule has 382 valence electrons. The smallest absolute Gasteiger partial charge is 0.177 e. The second-order valence-electron chi connectivity index (χ2n) is 19.5. The predicted octanol–water partition coefficient (Wildman–Crippen LogP) is 11.5. The van der Waals surface area contributed by atoms with Crippen LogP contribution in [0, 0.1) is 37.5 Å². The van der Waals surface area contributed by atoms with Crippen LogP contribution < -0.4 is 10.3 Å². The predicted molar refractivity (Wildman–Crippen MR) is 293 cm³/mol.